The molecule has 0 heterocycles. The molecule has 0 aliphatic rings. The molecule has 1 aromatic rings. The standard InChI is InChI=1S/C14H20F3NO/c1-10(2)4-3-7-19-12-6-5-11(9-18)13(8-12)14(15,16)17/h5-6,8,10H,3-4,7,9,18H2,1-2H3. The van der Waals surface area contributed by atoms with Crippen molar-refractivity contribution in [3.05, 3.63) is 29.3 Å². The van der Waals surface area contributed by atoms with E-state index in [9.17, 15) is 13.2 Å². The largest absolute Gasteiger partial charge is 0.494 e. The minimum absolute atomic E-state index is 0.0852. The van der Waals surface area contributed by atoms with Gasteiger partial charge in [-0.2, -0.15) is 13.2 Å². The lowest BCUT2D eigenvalue weighted by molar-refractivity contribution is -0.138. The minimum Gasteiger partial charge on any atom is -0.494 e. The van der Waals surface area contributed by atoms with Gasteiger partial charge in [0.1, 0.15) is 5.75 Å². The zero-order chi connectivity index (χ0) is 14.5. The second kappa shape index (κ2) is 6.80. The maximum absolute atomic E-state index is 12.8. The summed E-state index contributed by atoms with van der Waals surface area (Å²) in [4.78, 5) is 0. The van der Waals surface area contributed by atoms with Gasteiger partial charge in [-0.15, -0.1) is 0 Å². The van der Waals surface area contributed by atoms with Crippen molar-refractivity contribution in [2.45, 2.75) is 39.4 Å². The van der Waals surface area contributed by atoms with Gasteiger partial charge in [-0.05, 0) is 36.5 Å². The average molecular weight is 275 g/mol. The van der Waals surface area contributed by atoms with Crippen LogP contribution in [-0.2, 0) is 12.7 Å². The number of nitrogens with two attached hydrogens (primary N) is 1. The van der Waals surface area contributed by atoms with Gasteiger partial charge in [0, 0.05) is 6.54 Å². The van der Waals surface area contributed by atoms with Gasteiger partial charge in [0.05, 0.1) is 12.2 Å². The van der Waals surface area contributed by atoms with Gasteiger partial charge in [-0.1, -0.05) is 19.9 Å². The van der Waals surface area contributed by atoms with E-state index in [2.05, 4.69) is 13.8 Å². The molecule has 5 heteroatoms. The van der Waals surface area contributed by atoms with Crippen molar-refractivity contribution in [2.24, 2.45) is 11.7 Å². The number of hydrogen-bond acceptors (Lipinski definition) is 2. The fourth-order valence-electron chi connectivity index (χ4n) is 1.77. The lowest BCUT2D eigenvalue weighted by Crippen LogP contribution is -2.12. The highest BCUT2D eigenvalue weighted by molar-refractivity contribution is 5.37. The van der Waals surface area contributed by atoms with E-state index in [1.54, 1.807) is 0 Å². The fraction of sp³-hybridized carbons (Fsp3) is 0.571. The molecule has 2 N–H and O–H groups in total. The summed E-state index contributed by atoms with van der Waals surface area (Å²) < 4.78 is 43.7. The van der Waals surface area contributed by atoms with Crippen molar-refractivity contribution in [1.29, 1.82) is 0 Å². The number of ether oxygens (including phenoxy) is 1. The molecule has 0 fully saturated rings. The van der Waals surface area contributed by atoms with E-state index in [1.807, 2.05) is 0 Å². The molecule has 0 aliphatic carbocycles. The molecular weight excluding hydrogens is 255 g/mol. The first-order chi connectivity index (χ1) is 8.84. The summed E-state index contributed by atoms with van der Waals surface area (Å²) in [7, 11) is 0. The molecule has 108 valence electrons. The molecule has 0 bridgehead atoms. The Morgan fingerprint density at radius 2 is 1.95 bits per heavy atom. The smallest absolute Gasteiger partial charge is 0.416 e. The first-order valence-electron chi connectivity index (χ1n) is 6.37. The second-order valence-electron chi connectivity index (χ2n) is 4.91. The van der Waals surface area contributed by atoms with E-state index in [0.29, 0.717) is 12.5 Å². The molecule has 0 aliphatic heterocycles. The Bertz CT molecular complexity index is 402. The molecule has 19 heavy (non-hydrogen) atoms. The zero-order valence-electron chi connectivity index (χ0n) is 11.3. The third-order valence-corrected chi connectivity index (χ3v) is 2.80. The maximum atomic E-state index is 12.8. The fourth-order valence-corrected chi connectivity index (χ4v) is 1.77. The summed E-state index contributed by atoms with van der Waals surface area (Å²) >= 11 is 0. The lowest BCUT2D eigenvalue weighted by Gasteiger charge is -2.14. The van der Waals surface area contributed by atoms with Crippen LogP contribution in [0.5, 0.6) is 5.75 Å². The monoisotopic (exact) mass is 275 g/mol. The summed E-state index contributed by atoms with van der Waals surface area (Å²) in [6.07, 6.45) is -2.57. The molecule has 0 saturated carbocycles. The highest BCUT2D eigenvalue weighted by Crippen LogP contribution is 2.34. The van der Waals surface area contributed by atoms with Crippen LogP contribution in [0.3, 0.4) is 0 Å². The van der Waals surface area contributed by atoms with Crippen LogP contribution >= 0.6 is 0 Å². The summed E-state index contributed by atoms with van der Waals surface area (Å²) in [5, 5.41) is 0. The van der Waals surface area contributed by atoms with E-state index in [0.717, 1.165) is 18.9 Å². The van der Waals surface area contributed by atoms with Crippen LogP contribution in [0, 0.1) is 5.92 Å². The Labute approximate surface area is 111 Å². The zero-order valence-corrected chi connectivity index (χ0v) is 11.3. The van der Waals surface area contributed by atoms with Crippen molar-refractivity contribution < 1.29 is 17.9 Å². The predicted molar refractivity (Wildman–Crippen MR) is 68.9 cm³/mol. The van der Waals surface area contributed by atoms with E-state index in [-0.39, 0.29) is 17.9 Å². The molecule has 0 aromatic heterocycles. The second-order valence-corrected chi connectivity index (χ2v) is 4.91. The molecule has 0 radical (unpaired) electrons. The molecule has 0 atom stereocenters. The van der Waals surface area contributed by atoms with Gasteiger partial charge in [-0.25, -0.2) is 0 Å². The molecular formula is C14H20F3NO. The molecule has 0 spiro atoms. The average Bonchev–Trinajstić information content (AvgIpc) is 2.33. The summed E-state index contributed by atoms with van der Waals surface area (Å²) in [6.45, 7) is 4.48. The van der Waals surface area contributed by atoms with Crippen LogP contribution in [0.25, 0.3) is 0 Å². The van der Waals surface area contributed by atoms with Crippen molar-refractivity contribution in [1.82, 2.24) is 0 Å². The van der Waals surface area contributed by atoms with Gasteiger partial charge in [0.15, 0.2) is 0 Å². The van der Waals surface area contributed by atoms with Crippen molar-refractivity contribution in [3.63, 3.8) is 0 Å². The Kier molecular flexibility index (Phi) is 5.66. The topological polar surface area (TPSA) is 35.2 Å². The van der Waals surface area contributed by atoms with Crippen LogP contribution < -0.4 is 10.5 Å². The van der Waals surface area contributed by atoms with Gasteiger partial charge in [-0.3, -0.25) is 0 Å². The minimum atomic E-state index is -4.40. The summed E-state index contributed by atoms with van der Waals surface area (Å²) in [5.41, 5.74) is 4.69. The lowest BCUT2D eigenvalue weighted by atomic mass is 10.1. The Hall–Kier alpha value is -1.23. The van der Waals surface area contributed by atoms with Crippen molar-refractivity contribution in [3.8, 4) is 5.75 Å². The van der Waals surface area contributed by atoms with E-state index < -0.39 is 11.7 Å². The van der Waals surface area contributed by atoms with Crippen LogP contribution in [0.1, 0.15) is 37.8 Å². The number of hydrogen-bond donors (Lipinski definition) is 1. The molecule has 1 rings (SSSR count). The molecule has 0 unspecified atom stereocenters. The first-order valence-corrected chi connectivity index (χ1v) is 6.37. The maximum Gasteiger partial charge on any atom is 0.416 e. The Balaban J connectivity index is 2.70. The molecule has 1 aromatic carbocycles. The van der Waals surface area contributed by atoms with Crippen LogP contribution in [0.15, 0.2) is 18.2 Å². The highest BCUT2D eigenvalue weighted by Gasteiger charge is 2.33. The third kappa shape index (κ3) is 5.11. The van der Waals surface area contributed by atoms with Crippen LogP contribution in [0.4, 0.5) is 13.2 Å². The normalized spacial score (nSPS) is 11.9. The van der Waals surface area contributed by atoms with Crippen LogP contribution in [0.2, 0.25) is 0 Å². The Morgan fingerprint density at radius 1 is 1.26 bits per heavy atom. The van der Waals surface area contributed by atoms with Gasteiger partial charge in [0.2, 0.25) is 0 Å². The number of rotatable bonds is 6. The van der Waals surface area contributed by atoms with Gasteiger partial charge >= 0.3 is 6.18 Å². The summed E-state index contributed by atoms with van der Waals surface area (Å²) in [5.74, 6) is 0.808. The van der Waals surface area contributed by atoms with Gasteiger partial charge < -0.3 is 10.5 Å². The molecule has 0 amide bonds. The number of alkyl halides is 3. The molecule has 2 nitrogen and oxygen atoms in total. The number of benzene rings is 1. The van der Waals surface area contributed by atoms with Crippen LogP contribution in [-0.4, -0.2) is 6.61 Å². The van der Waals surface area contributed by atoms with E-state index in [4.69, 9.17) is 10.5 Å². The Morgan fingerprint density at radius 3 is 2.47 bits per heavy atom. The van der Waals surface area contributed by atoms with E-state index >= 15 is 0 Å². The number of halogens is 3. The molecule has 0 saturated heterocycles. The van der Waals surface area contributed by atoms with E-state index in [1.165, 1.54) is 12.1 Å². The van der Waals surface area contributed by atoms with Crippen molar-refractivity contribution >= 4 is 0 Å². The third-order valence-electron chi connectivity index (χ3n) is 2.80. The van der Waals surface area contributed by atoms with Crippen molar-refractivity contribution in [2.75, 3.05) is 6.61 Å². The van der Waals surface area contributed by atoms with Gasteiger partial charge in [0.25, 0.3) is 0 Å². The predicted octanol–water partition coefficient (Wildman–Crippen LogP) is 3.98. The highest BCUT2D eigenvalue weighted by atomic mass is 19.4. The summed E-state index contributed by atoms with van der Waals surface area (Å²) in [6, 6.07) is 3.94. The first kappa shape index (κ1) is 15.8. The quantitative estimate of drug-likeness (QED) is 0.797. The SMILES string of the molecule is CC(C)CCCOc1ccc(CN)c(C(F)(F)F)c1.